The van der Waals surface area contributed by atoms with Gasteiger partial charge in [0, 0.05) is 25.2 Å². The predicted octanol–water partition coefficient (Wildman–Crippen LogP) is 2.97. The number of hydrogen-bond acceptors (Lipinski definition) is 5. The Morgan fingerprint density at radius 3 is 2.74 bits per heavy atom. The zero-order valence-corrected chi connectivity index (χ0v) is 11.5. The van der Waals surface area contributed by atoms with Crippen LogP contribution in [-0.2, 0) is 6.42 Å². The van der Waals surface area contributed by atoms with Crippen LogP contribution < -0.4 is 10.1 Å². The summed E-state index contributed by atoms with van der Waals surface area (Å²) in [4.78, 5) is 13.0. The monoisotopic (exact) mass is 258 g/mol. The molecule has 0 aliphatic carbocycles. The summed E-state index contributed by atoms with van der Waals surface area (Å²) in [6, 6.07) is 5.56. The maximum Gasteiger partial charge on any atom is 0.224 e. The van der Waals surface area contributed by atoms with E-state index in [0.717, 1.165) is 30.2 Å². The van der Waals surface area contributed by atoms with Gasteiger partial charge in [-0.3, -0.25) is 4.98 Å². The zero-order chi connectivity index (χ0) is 13.7. The first kappa shape index (κ1) is 13.3. The molecule has 0 amide bonds. The van der Waals surface area contributed by atoms with Gasteiger partial charge in [0.2, 0.25) is 5.88 Å². The fourth-order valence-electron chi connectivity index (χ4n) is 1.62. The van der Waals surface area contributed by atoms with E-state index in [4.69, 9.17) is 4.74 Å². The summed E-state index contributed by atoms with van der Waals surface area (Å²) in [5.74, 6) is 2.75. The van der Waals surface area contributed by atoms with Crippen LogP contribution >= 0.6 is 0 Å². The molecule has 1 N–H and O–H groups in total. The number of rotatable bonds is 5. The van der Waals surface area contributed by atoms with Crippen LogP contribution in [0.5, 0.6) is 11.6 Å². The van der Waals surface area contributed by atoms with Crippen LogP contribution in [0, 0.1) is 6.92 Å². The Bertz CT molecular complexity index is 540. The van der Waals surface area contributed by atoms with Crippen molar-refractivity contribution in [2.75, 3.05) is 12.4 Å². The summed E-state index contributed by atoms with van der Waals surface area (Å²) >= 11 is 0. The summed E-state index contributed by atoms with van der Waals surface area (Å²) in [6.07, 6.45) is 3.52. The highest BCUT2D eigenvalue weighted by Crippen LogP contribution is 2.21. The summed E-state index contributed by atoms with van der Waals surface area (Å²) in [5.41, 5.74) is 0.956. The molecule has 0 fully saturated rings. The zero-order valence-electron chi connectivity index (χ0n) is 11.5. The molecule has 2 aromatic heterocycles. The molecule has 0 aromatic carbocycles. The summed E-state index contributed by atoms with van der Waals surface area (Å²) in [6.45, 7) is 4.03. The molecule has 0 saturated heterocycles. The maximum atomic E-state index is 5.71. The van der Waals surface area contributed by atoms with E-state index in [0.29, 0.717) is 11.6 Å². The fraction of sp³-hybridized carbons (Fsp3) is 0.357. The van der Waals surface area contributed by atoms with Gasteiger partial charge >= 0.3 is 0 Å². The standard InChI is InChI=1S/C14H18N4O/c1-4-5-12-17-13(15-3)8-14(18-12)19-11-7-6-10(2)16-9-11/h6-9H,4-5H2,1-3H3,(H,15,17,18). The number of anilines is 1. The van der Waals surface area contributed by atoms with E-state index >= 15 is 0 Å². The highest BCUT2D eigenvalue weighted by atomic mass is 16.5. The SMILES string of the molecule is CCCc1nc(NC)cc(Oc2ccc(C)nc2)n1. The van der Waals surface area contributed by atoms with Gasteiger partial charge in [0.1, 0.15) is 17.4 Å². The number of ether oxygens (including phenoxy) is 1. The maximum absolute atomic E-state index is 5.71. The first-order valence-electron chi connectivity index (χ1n) is 6.37. The van der Waals surface area contributed by atoms with Crippen LogP contribution in [0.25, 0.3) is 0 Å². The van der Waals surface area contributed by atoms with Gasteiger partial charge in [-0.25, -0.2) is 4.98 Å². The third-order valence-electron chi connectivity index (χ3n) is 2.59. The second-order valence-electron chi connectivity index (χ2n) is 4.24. The van der Waals surface area contributed by atoms with E-state index in [1.165, 1.54) is 0 Å². The molecule has 5 heteroatoms. The molecule has 2 heterocycles. The highest BCUT2D eigenvalue weighted by molar-refractivity contribution is 5.39. The molecule has 0 atom stereocenters. The van der Waals surface area contributed by atoms with Crippen LogP contribution in [0.4, 0.5) is 5.82 Å². The molecular weight excluding hydrogens is 240 g/mol. The Morgan fingerprint density at radius 1 is 1.26 bits per heavy atom. The van der Waals surface area contributed by atoms with Gasteiger partial charge in [-0.2, -0.15) is 4.98 Å². The Morgan fingerprint density at radius 2 is 2.11 bits per heavy atom. The lowest BCUT2D eigenvalue weighted by atomic mass is 10.3. The molecule has 0 radical (unpaired) electrons. The van der Waals surface area contributed by atoms with Gasteiger partial charge in [0.15, 0.2) is 0 Å². The molecule has 0 aliphatic heterocycles. The Labute approximate surface area is 113 Å². The largest absolute Gasteiger partial charge is 0.437 e. The van der Waals surface area contributed by atoms with E-state index in [2.05, 4.69) is 27.2 Å². The molecule has 0 aliphatic rings. The number of aromatic nitrogens is 3. The molecular formula is C14H18N4O. The van der Waals surface area contributed by atoms with Crippen LogP contribution in [0.2, 0.25) is 0 Å². The molecule has 2 aromatic rings. The average molecular weight is 258 g/mol. The first-order valence-corrected chi connectivity index (χ1v) is 6.37. The highest BCUT2D eigenvalue weighted by Gasteiger charge is 2.05. The van der Waals surface area contributed by atoms with Crippen molar-refractivity contribution in [3.63, 3.8) is 0 Å². The third-order valence-corrected chi connectivity index (χ3v) is 2.59. The van der Waals surface area contributed by atoms with E-state index in [1.807, 2.05) is 26.1 Å². The molecule has 19 heavy (non-hydrogen) atoms. The van der Waals surface area contributed by atoms with Crippen molar-refractivity contribution < 1.29 is 4.74 Å². The smallest absolute Gasteiger partial charge is 0.224 e. The summed E-state index contributed by atoms with van der Waals surface area (Å²) in [7, 11) is 1.83. The Balaban J connectivity index is 2.23. The number of aryl methyl sites for hydroxylation is 2. The minimum atomic E-state index is 0.536. The Kier molecular flexibility index (Phi) is 4.28. The molecule has 2 rings (SSSR count). The van der Waals surface area contributed by atoms with Crippen LogP contribution in [0.3, 0.4) is 0 Å². The first-order chi connectivity index (χ1) is 9.21. The van der Waals surface area contributed by atoms with Gasteiger partial charge in [0.05, 0.1) is 6.20 Å². The lowest BCUT2D eigenvalue weighted by molar-refractivity contribution is 0.456. The topological polar surface area (TPSA) is 59.9 Å². The lowest BCUT2D eigenvalue weighted by Crippen LogP contribution is -2.02. The lowest BCUT2D eigenvalue weighted by Gasteiger charge is -2.08. The molecule has 100 valence electrons. The number of hydrogen-bond donors (Lipinski definition) is 1. The molecule has 0 bridgehead atoms. The third kappa shape index (κ3) is 3.64. The van der Waals surface area contributed by atoms with E-state index in [1.54, 1.807) is 12.3 Å². The van der Waals surface area contributed by atoms with Gasteiger partial charge in [-0.05, 0) is 25.5 Å². The summed E-state index contributed by atoms with van der Waals surface area (Å²) in [5, 5.41) is 3.01. The van der Waals surface area contributed by atoms with Crippen molar-refractivity contribution >= 4 is 5.82 Å². The second-order valence-corrected chi connectivity index (χ2v) is 4.24. The van der Waals surface area contributed by atoms with E-state index in [-0.39, 0.29) is 0 Å². The minimum Gasteiger partial charge on any atom is -0.437 e. The van der Waals surface area contributed by atoms with Gasteiger partial charge in [0.25, 0.3) is 0 Å². The predicted molar refractivity (Wildman–Crippen MR) is 74.6 cm³/mol. The second kappa shape index (κ2) is 6.13. The average Bonchev–Trinajstić information content (AvgIpc) is 2.41. The van der Waals surface area contributed by atoms with Crippen LogP contribution in [0.1, 0.15) is 24.9 Å². The van der Waals surface area contributed by atoms with Gasteiger partial charge in [-0.1, -0.05) is 6.92 Å². The number of nitrogens with one attached hydrogen (secondary N) is 1. The summed E-state index contributed by atoms with van der Waals surface area (Å²) < 4.78 is 5.71. The van der Waals surface area contributed by atoms with Crippen molar-refractivity contribution in [1.82, 2.24) is 15.0 Å². The van der Waals surface area contributed by atoms with E-state index in [9.17, 15) is 0 Å². The van der Waals surface area contributed by atoms with Crippen LogP contribution in [0.15, 0.2) is 24.4 Å². The number of pyridine rings is 1. The van der Waals surface area contributed by atoms with Crippen molar-refractivity contribution in [3.8, 4) is 11.6 Å². The van der Waals surface area contributed by atoms with Crippen LogP contribution in [-0.4, -0.2) is 22.0 Å². The molecule has 0 saturated carbocycles. The van der Waals surface area contributed by atoms with Crippen molar-refractivity contribution in [2.45, 2.75) is 26.7 Å². The Hall–Kier alpha value is -2.17. The normalized spacial score (nSPS) is 10.3. The van der Waals surface area contributed by atoms with Crippen molar-refractivity contribution in [3.05, 3.63) is 35.9 Å². The van der Waals surface area contributed by atoms with Gasteiger partial charge < -0.3 is 10.1 Å². The molecule has 5 nitrogen and oxygen atoms in total. The minimum absolute atomic E-state index is 0.536. The van der Waals surface area contributed by atoms with Crippen molar-refractivity contribution in [2.24, 2.45) is 0 Å². The number of nitrogens with zero attached hydrogens (tertiary/aromatic N) is 3. The van der Waals surface area contributed by atoms with Gasteiger partial charge in [-0.15, -0.1) is 0 Å². The quantitative estimate of drug-likeness (QED) is 0.893. The molecule has 0 unspecified atom stereocenters. The fourth-order valence-corrected chi connectivity index (χ4v) is 1.62. The van der Waals surface area contributed by atoms with E-state index < -0.39 is 0 Å². The molecule has 0 spiro atoms. The van der Waals surface area contributed by atoms with Crippen molar-refractivity contribution in [1.29, 1.82) is 0 Å².